The van der Waals surface area contributed by atoms with Crippen molar-refractivity contribution in [1.82, 2.24) is 15.1 Å². The zero-order valence-corrected chi connectivity index (χ0v) is 17.6. The van der Waals surface area contributed by atoms with Crippen LogP contribution in [-0.4, -0.2) is 53.1 Å². The van der Waals surface area contributed by atoms with E-state index >= 15 is 0 Å². The number of primary amides is 1. The molecule has 0 atom stereocenters. The first kappa shape index (κ1) is 20.6. The molecule has 8 heteroatoms. The van der Waals surface area contributed by atoms with Crippen LogP contribution in [0, 0.1) is 11.8 Å². The molecule has 158 valence electrons. The third kappa shape index (κ3) is 4.56. The summed E-state index contributed by atoms with van der Waals surface area (Å²) in [6, 6.07) is 11.5. The average molecular weight is 428 g/mol. The van der Waals surface area contributed by atoms with Gasteiger partial charge in [0, 0.05) is 48.6 Å². The molecule has 1 aromatic carbocycles. The first-order chi connectivity index (χ1) is 14.5. The Balaban J connectivity index is 1.30. The summed E-state index contributed by atoms with van der Waals surface area (Å²) < 4.78 is 0. The molecule has 0 aliphatic carbocycles. The molecule has 1 aromatic heterocycles. The Bertz CT molecular complexity index is 887. The predicted octanol–water partition coefficient (Wildman–Crippen LogP) is 2.74. The number of aromatic nitrogens is 2. The van der Waals surface area contributed by atoms with E-state index in [4.69, 9.17) is 17.3 Å². The lowest BCUT2D eigenvalue weighted by Gasteiger charge is -2.37. The molecule has 0 unspecified atom stereocenters. The Labute approximate surface area is 181 Å². The molecular formula is C22H26ClN5O2. The van der Waals surface area contributed by atoms with Crippen molar-refractivity contribution in [3.05, 3.63) is 41.4 Å². The Morgan fingerprint density at radius 1 is 0.867 bits per heavy atom. The van der Waals surface area contributed by atoms with Crippen LogP contribution in [0.3, 0.4) is 0 Å². The summed E-state index contributed by atoms with van der Waals surface area (Å²) in [7, 11) is 0. The maximum absolute atomic E-state index is 12.9. The predicted molar refractivity (Wildman–Crippen MR) is 116 cm³/mol. The number of anilines is 1. The molecule has 0 radical (unpaired) electrons. The number of nitrogens with two attached hydrogens (primary N) is 1. The highest BCUT2D eigenvalue weighted by Crippen LogP contribution is 2.27. The van der Waals surface area contributed by atoms with Gasteiger partial charge in [-0.1, -0.05) is 23.7 Å². The van der Waals surface area contributed by atoms with E-state index in [1.54, 1.807) is 0 Å². The van der Waals surface area contributed by atoms with Gasteiger partial charge in [0.05, 0.1) is 5.69 Å². The fraction of sp³-hybridized carbons (Fsp3) is 0.455. The van der Waals surface area contributed by atoms with Crippen LogP contribution in [0.5, 0.6) is 0 Å². The molecule has 2 aromatic rings. The van der Waals surface area contributed by atoms with E-state index < -0.39 is 0 Å². The molecule has 2 saturated heterocycles. The van der Waals surface area contributed by atoms with Crippen molar-refractivity contribution in [2.45, 2.75) is 25.7 Å². The molecule has 2 aliphatic rings. The lowest BCUT2D eigenvalue weighted by atomic mass is 9.92. The van der Waals surface area contributed by atoms with Crippen LogP contribution in [0.1, 0.15) is 25.7 Å². The maximum atomic E-state index is 12.9. The minimum atomic E-state index is -0.251. The van der Waals surface area contributed by atoms with Crippen molar-refractivity contribution >= 4 is 29.2 Å². The Hall–Kier alpha value is -2.67. The lowest BCUT2D eigenvalue weighted by Crippen LogP contribution is -2.47. The van der Waals surface area contributed by atoms with Crippen LogP contribution in [0.2, 0.25) is 5.02 Å². The number of halogens is 1. The van der Waals surface area contributed by atoms with Gasteiger partial charge in [-0.05, 0) is 49.9 Å². The second kappa shape index (κ2) is 9.00. The minimum absolute atomic E-state index is 0.0349. The standard InChI is InChI=1S/C22H26ClN5O2/c23-18-3-1-15(2-4-18)19-5-6-20(26-25-19)27-11-9-17(10-12-27)22(30)28-13-7-16(8-14-28)21(24)29/h1-6,16-17H,7-14H2,(H2,24,29). The minimum Gasteiger partial charge on any atom is -0.369 e. The van der Waals surface area contributed by atoms with Gasteiger partial charge in [0.15, 0.2) is 5.82 Å². The molecule has 2 N–H and O–H groups in total. The van der Waals surface area contributed by atoms with Gasteiger partial charge in [-0.25, -0.2) is 0 Å². The molecule has 0 saturated carbocycles. The summed E-state index contributed by atoms with van der Waals surface area (Å²) in [5, 5.41) is 9.44. The lowest BCUT2D eigenvalue weighted by molar-refractivity contribution is -0.139. The number of carbonyl (C=O) groups excluding carboxylic acids is 2. The van der Waals surface area contributed by atoms with E-state index in [-0.39, 0.29) is 23.7 Å². The number of rotatable bonds is 4. The van der Waals surface area contributed by atoms with Gasteiger partial charge >= 0.3 is 0 Å². The van der Waals surface area contributed by atoms with Gasteiger partial charge in [-0.3, -0.25) is 9.59 Å². The van der Waals surface area contributed by atoms with Crippen molar-refractivity contribution in [1.29, 1.82) is 0 Å². The van der Waals surface area contributed by atoms with Gasteiger partial charge in [0.1, 0.15) is 0 Å². The molecule has 2 aliphatic heterocycles. The molecule has 4 rings (SSSR count). The van der Waals surface area contributed by atoms with Crippen LogP contribution < -0.4 is 10.6 Å². The molecule has 0 bridgehead atoms. The van der Waals surface area contributed by atoms with Crippen molar-refractivity contribution in [3.8, 4) is 11.3 Å². The second-order valence-electron chi connectivity index (χ2n) is 8.05. The largest absolute Gasteiger partial charge is 0.369 e. The van der Waals surface area contributed by atoms with Gasteiger partial charge in [0.2, 0.25) is 11.8 Å². The number of likely N-dealkylation sites (tertiary alicyclic amines) is 1. The molecular weight excluding hydrogens is 402 g/mol. The highest BCUT2D eigenvalue weighted by atomic mass is 35.5. The van der Waals surface area contributed by atoms with Gasteiger partial charge in [-0.15, -0.1) is 10.2 Å². The number of nitrogens with zero attached hydrogens (tertiary/aromatic N) is 4. The highest BCUT2D eigenvalue weighted by Gasteiger charge is 2.32. The third-order valence-electron chi connectivity index (χ3n) is 6.17. The summed E-state index contributed by atoms with van der Waals surface area (Å²) in [6.45, 7) is 2.82. The fourth-order valence-corrected chi connectivity index (χ4v) is 4.39. The SMILES string of the molecule is NC(=O)C1CCN(C(=O)C2CCN(c3ccc(-c4ccc(Cl)cc4)nn3)CC2)CC1. The molecule has 7 nitrogen and oxygen atoms in total. The monoisotopic (exact) mass is 427 g/mol. The summed E-state index contributed by atoms with van der Waals surface area (Å²) in [5.41, 5.74) is 7.17. The average Bonchev–Trinajstić information content (AvgIpc) is 2.79. The molecule has 2 fully saturated rings. The summed E-state index contributed by atoms with van der Waals surface area (Å²) in [5.74, 6) is 0.735. The Kier molecular flexibility index (Phi) is 6.18. The van der Waals surface area contributed by atoms with E-state index in [0.717, 1.165) is 43.0 Å². The number of piperidine rings is 2. The molecule has 30 heavy (non-hydrogen) atoms. The van der Waals surface area contributed by atoms with Crippen LogP contribution in [-0.2, 0) is 9.59 Å². The van der Waals surface area contributed by atoms with Gasteiger partial charge in [-0.2, -0.15) is 0 Å². The van der Waals surface area contributed by atoms with E-state index in [9.17, 15) is 9.59 Å². The van der Waals surface area contributed by atoms with Crippen LogP contribution in [0.4, 0.5) is 5.82 Å². The van der Waals surface area contributed by atoms with E-state index in [1.165, 1.54) is 0 Å². The number of hydrogen-bond donors (Lipinski definition) is 1. The quantitative estimate of drug-likeness (QED) is 0.809. The second-order valence-corrected chi connectivity index (χ2v) is 8.48. The molecule has 3 heterocycles. The summed E-state index contributed by atoms with van der Waals surface area (Å²) in [6.07, 6.45) is 2.95. The van der Waals surface area contributed by atoms with E-state index in [0.29, 0.717) is 31.0 Å². The van der Waals surface area contributed by atoms with Crippen molar-refractivity contribution < 1.29 is 9.59 Å². The van der Waals surface area contributed by atoms with Gasteiger partial charge < -0.3 is 15.5 Å². The first-order valence-corrected chi connectivity index (χ1v) is 10.8. The Morgan fingerprint density at radius 2 is 1.50 bits per heavy atom. The maximum Gasteiger partial charge on any atom is 0.225 e. The topological polar surface area (TPSA) is 92.4 Å². The number of amides is 2. The smallest absolute Gasteiger partial charge is 0.225 e. The van der Waals surface area contributed by atoms with Gasteiger partial charge in [0.25, 0.3) is 0 Å². The van der Waals surface area contributed by atoms with Crippen LogP contribution in [0.25, 0.3) is 11.3 Å². The third-order valence-corrected chi connectivity index (χ3v) is 6.42. The Morgan fingerprint density at radius 3 is 2.07 bits per heavy atom. The van der Waals surface area contributed by atoms with E-state index in [2.05, 4.69) is 15.1 Å². The normalized spacial score (nSPS) is 18.4. The fourth-order valence-electron chi connectivity index (χ4n) is 4.27. The summed E-state index contributed by atoms with van der Waals surface area (Å²) in [4.78, 5) is 28.3. The van der Waals surface area contributed by atoms with Crippen LogP contribution in [0.15, 0.2) is 36.4 Å². The summed E-state index contributed by atoms with van der Waals surface area (Å²) >= 11 is 5.94. The highest BCUT2D eigenvalue weighted by molar-refractivity contribution is 6.30. The zero-order valence-electron chi connectivity index (χ0n) is 16.8. The first-order valence-electron chi connectivity index (χ1n) is 10.4. The van der Waals surface area contributed by atoms with E-state index in [1.807, 2.05) is 41.3 Å². The van der Waals surface area contributed by atoms with Crippen molar-refractivity contribution in [2.75, 3.05) is 31.1 Å². The molecule has 0 spiro atoms. The van der Waals surface area contributed by atoms with Crippen molar-refractivity contribution in [3.63, 3.8) is 0 Å². The molecule has 2 amide bonds. The number of carbonyl (C=O) groups is 2. The number of hydrogen-bond acceptors (Lipinski definition) is 5. The zero-order chi connectivity index (χ0) is 21.1. The number of benzene rings is 1. The van der Waals surface area contributed by atoms with Crippen LogP contribution >= 0.6 is 11.6 Å². The van der Waals surface area contributed by atoms with Crippen molar-refractivity contribution in [2.24, 2.45) is 17.6 Å².